The predicted molar refractivity (Wildman–Crippen MR) is 98.9 cm³/mol. The van der Waals surface area contributed by atoms with Crippen molar-refractivity contribution in [2.24, 2.45) is 0 Å². The lowest BCUT2D eigenvalue weighted by Crippen LogP contribution is -2.31. The zero-order valence-electron chi connectivity index (χ0n) is 13.7. The van der Waals surface area contributed by atoms with E-state index in [0.717, 1.165) is 54.4 Å². The van der Waals surface area contributed by atoms with Crippen LogP contribution in [-0.4, -0.2) is 26.4 Å². The maximum atomic E-state index is 5.85. The average Bonchev–Trinajstić information content (AvgIpc) is 2.64. The lowest BCUT2D eigenvalue weighted by atomic mass is 10.1. The Morgan fingerprint density at radius 3 is 2.64 bits per heavy atom. The van der Waals surface area contributed by atoms with Crippen molar-refractivity contribution in [1.29, 1.82) is 0 Å². The van der Waals surface area contributed by atoms with Crippen molar-refractivity contribution in [3.05, 3.63) is 70.8 Å². The summed E-state index contributed by atoms with van der Waals surface area (Å²) in [4.78, 5) is 15.8. The maximum absolute atomic E-state index is 5.85. The Labute approximate surface area is 151 Å². The van der Waals surface area contributed by atoms with Crippen LogP contribution in [0.1, 0.15) is 16.8 Å². The van der Waals surface area contributed by atoms with Gasteiger partial charge in [0.2, 0.25) is 0 Å². The molecule has 2 N–H and O–H groups in total. The molecular formula is C19H18ClN5. The highest BCUT2D eigenvalue weighted by Crippen LogP contribution is 2.22. The second-order valence-electron chi connectivity index (χ2n) is 6.24. The predicted octanol–water partition coefficient (Wildman–Crippen LogP) is 3.33. The van der Waals surface area contributed by atoms with Gasteiger partial charge in [-0.2, -0.15) is 0 Å². The Kier molecular flexibility index (Phi) is 4.34. The summed E-state index contributed by atoms with van der Waals surface area (Å²) in [6.45, 7) is 2.66. The molecule has 1 aliphatic heterocycles. The van der Waals surface area contributed by atoms with E-state index in [0.29, 0.717) is 5.15 Å². The minimum absolute atomic E-state index is 0.524. The summed E-state index contributed by atoms with van der Waals surface area (Å²) in [5.74, 6) is 0.758. The topological polar surface area (TPSA) is 67.9 Å². The van der Waals surface area contributed by atoms with E-state index in [-0.39, 0.29) is 0 Å². The molecule has 0 aliphatic carbocycles. The molecule has 0 radical (unpaired) electrons. The van der Waals surface area contributed by atoms with E-state index in [1.165, 1.54) is 5.56 Å². The van der Waals surface area contributed by atoms with Crippen LogP contribution in [0.4, 0.5) is 5.69 Å². The molecule has 0 bridgehead atoms. The van der Waals surface area contributed by atoms with Crippen molar-refractivity contribution in [2.45, 2.75) is 19.5 Å². The number of hydrogen-bond donors (Lipinski definition) is 1. The molecule has 0 spiro atoms. The monoisotopic (exact) mass is 351 g/mol. The van der Waals surface area contributed by atoms with Crippen LogP contribution in [0.5, 0.6) is 0 Å². The number of hydrogen-bond acceptors (Lipinski definition) is 5. The number of fused-ring (bicyclic) bond motifs is 1. The Morgan fingerprint density at radius 1 is 1.04 bits per heavy atom. The largest absolute Gasteiger partial charge is 0.399 e. The fourth-order valence-corrected chi connectivity index (χ4v) is 3.15. The lowest BCUT2D eigenvalue weighted by Gasteiger charge is -2.28. The standard InChI is InChI=1S/C19H18ClN5/c20-18-6-1-13(9-22-18)11-25-8-7-17-15(12-25)10-23-19(24-17)14-2-4-16(21)5-3-14/h1-6,9-10H,7-8,11-12,21H2. The molecule has 0 amide bonds. The Balaban J connectivity index is 1.50. The van der Waals surface area contributed by atoms with Crippen molar-refractivity contribution in [3.63, 3.8) is 0 Å². The highest BCUT2D eigenvalue weighted by Gasteiger charge is 2.19. The van der Waals surface area contributed by atoms with Crippen molar-refractivity contribution < 1.29 is 0 Å². The number of anilines is 1. The molecule has 1 aliphatic rings. The van der Waals surface area contributed by atoms with Crippen LogP contribution in [0.2, 0.25) is 5.15 Å². The fourth-order valence-electron chi connectivity index (χ4n) is 3.04. The molecular weight excluding hydrogens is 334 g/mol. The van der Waals surface area contributed by atoms with Gasteiger partial charge < -0.3 is 5.73 Å². The van der Waals surface area contributed by atoms with E-state index in [1.807, 2.05) is 48.8 Å². The number of pyridine rings is 1. The van der Waals surface area contributed by atoms with Gasteiger partial charge in [0, 0.05) is 55.3 Å². The number of nitrogens with zero attached hydrogens (tertiary/aromatic N) is 4. The Morgan fingerprint density at radius 2 is 1.88 bits per heavy atom. The van der Waals surface area contributed by atoms with Crippen LogP contribution >= 0.6 is 11.6 Å². The van der Waals surface area contributed by atoms with E-state index >= 15 is 0 Å². The summed E-state index contributed by atoms with van der Waals surface area (Å²) in [6.07, 6.45) is 4.69. The molecule has 25 heavy (non-hydrogen) atoms. The number of benzene rings is 1. The van der Waals surface area contributed by atoms with Gasteiger partial charge in [-0.05, 0) is 35.9 Å². The number of rotatable bonds is 3. The average molecular weight is 352 g/mol. The molecule has 2 aromatic heterocycles. The molecule has 0 saturated heterocycles. The molecule has 3 aromatic rings. The van der Waals surface area contributed by atoms with Crippen LogP contribution in [0.3, 0.4) is 0 Å². The van der Waals surface area contributed by atoms with E-state index < -0.39 is 0 Å². The normalized spacial score (nSPS) is 14.3. The second-order valence-corrected chi connectivity index (χ2v) is 6.62. The number of halogens is 1. The van der Waals surface area contributed by atoms with Gasteiger partial charge in [0.1, 0.15) is 5.15 Å². The summed E-state index contributed by atoms with van der Waals surface area (Å²) >= 11 is 5.85. The van der Waals surface area contributed by atoms with Gasteiger partial charge in [-0.15, -0.1) is 0 Å². The highest BCUT2D eigenvalue weighted by molar-refractivity contribution is 6.29. The second kappa shape index (κ2) is 6.78. The van der Waals surface area contributed by atoms with Gasteiger partial charge in [0.15, 0.2) is 5.82 Å². The molecule has 0 saturated carbocycles. The molecule has 5 nitrogen and oxygen atoms in total. The van der Waals surface area contributed by atoms with Crippen LogP contribution in [0, 0.1) is 0 Å². The third kappa shape index (κ3) is 3.62. The summed E-state index contributed by atoms with van der Waals surface area (Å²) in [6, 6.07) is 11.5. The molecule has 126 valence electrons. The first-order valence-electron chi connectivity index (χ1n) is 8.21. The zero-order valence-corrected chi connectivity index (χ0v) is 14.4. The Bertz CT molecular complexity index is 877. The van der Waals surface area contributed by atoms with Gasteiger partial charge >= 0.3 is 0 Å². The maximum Gasteiger partial charge on any atom is 0.159 e. The third-order valence-corrected chi connectivity index (χ3v) is 4.60. The van der Waals surface area contributed by atoms with Gasteiger partial charge in [0.05, 0.1) is 5.69 Å². The van der Waals surface area contributed by atoms with Gasteiger partial charge in [-0.3, -0.25) is 4.90 Å². The number of nitrogens with two attached hydrogens (primary N) is 1. The first-order valence-corrected chi connectivity index (χ1v) is 8.59. The zero-order chi connectivity index (χ0) is 17.2. The number of nitrogen functional groups attached to an aromatic ring is 1. The highest BCUT2D eigenvalue weighted by atomic mass is 35.5. The minimum Gasteiger partial charge on any atom is -0.399 e. The van der Waals surface area contributed by atoms with Crippen molar-refractivity contribution in [2.75, 3.05) is 12.3 Å². The molecule has 1 aromatic carbocycles. The molecule has 0 unspecified atom stereocenters. The molecule has 6 heteroatoms. The van der Waals surface area contributed by atoms with Crippen LogP contribution in [-0.2, 0) is 19.5 Å². The minimum atomic E-state index is 0.524. The summed E-state index contributed by atoms with van der Waals surface area (Å²) in [7, 11) is 0. The molecule has 4 rings (SSSR count). The van der Waals surface area contributed by atoms with E-state index in [9.17, 15) is 0 Å². The van der Waals surface area contributed by atoms with Crippen molar-refractivity contribution >= 4 is 17.3 Å². The fraction of sp³-hybridized carbons (Fsp3) is 0.211. The van der Waals surface area contributed by atoms with Crippen LogP contribution in [0.15, 0.2) is 48.8 Å². The van der Waals surface area contributed by atoms with Gasteiger partial charge in [0.25, 0.3) is 0 Å². The molecule has 0 atom stereocenters. The van der Waals surface area contributed by atoms with E-state index in [2.05, 4.69) is 14.9 Å². The van der Waals surface area contributed by atoms with Gasteiger partial charge in [-0.1, -0.05) is 17.7 Å². The quantitative estimate of drug-likeness (QED) is 0.579. The first kappa shape index (κ1) is 16.0. The van der Waals surface area contributed by atoms with Crippen molar-refractivity contribution in [3.8, 4) is 11.4 Å². The van der Waals surface area contributed by atoms with Crippen LogP contribution < -0.4 is 5.73 Å². The summed E-state index contributed by atoms with van der Waals surface area (Å²) < 4.78 is 0. The van der Waals surface area contributed by atoms with E-state index in [4.69, 9.17) is 22.3 Å². The van der Waals surface area contributed by atoms with E-state index in [1.54, 1.807) is 0 Å². The number of aromatic nitrogens is 3. The smallest absolute Gasteiger partial charge is 0.159 e. The summed E-state index contributed by atoms with van der Waals surface area (Å²) in [5, 5.41) is 0.524. The third-order valence-electron chi connectivity index (χ3n) is 4.38. The molecule has 0 fully saturated rings. The lowest BCUT2D eigenvalue weighted by molar-refractivity contribution is 0.242. The molecule has 3 heterocycles. The SMILES string of the molecule is Nc1ccc(-c2ncc3c(n2)CCN(Cc2ccc(Cl)nc2)C3)cc1. The van der Waals surface area contributed by atoms with Crippen LogP contribution in [0.25, 0.3) is 11.4 Å². The summed E-state index contributed by atoms with van der Waals surface area (Å²) in [5.41, 5.74) is 11.0. The first-order chi connectivity index (χ1) is 12.2. The Hall–Kier alpha value is -2.50. The van der Waals surface area contributed by atoms with Crippen molar-refractivity contribution in [1.82, 2.24) is 19.9 Å². The van der Waals surface area contributed by atoms with Gasteiger partial charge in [-0.25, -0.2) is 15.0 Å².